The first kappa shape index (κ1) is 24.2. The fraction of sp³-hybridized carbons (Fsp3) is 0.667. The largest absolute Gasteiger partial charge is 0.383 e. The third kappa shape index (κ3) is 5.66. The Morgan fingerprint density at radius 3 is 2.45 bits per heavy atom. The smallest absolute Gasteiger partial charge is 0.237 e. The summed E-state index contributed by atoms with van der Waals surface area (Å²) in [4.78, 5) is 14.7. The topological polar surface area (TPSA) is 75.9 Å². The van der Waals surface area contributed by atoms with Gasteiger partial charge in [-0.1, -0.05) is 0 Å². The number of benzene rings is 1. The molecule has 2 heterocycles. The van der Waals surface area contributed by atoms with Crippen molar-refractivity contribution >= 4 is 16.9 Å². The van der Waals surface area contributed by atoms with Gasteiger partial charge in [0.05, 0.1) is 6.61 Å². The van der Waals surface area contributed by atoms with Crippen molar-refractivity contribution in [1.82, 2.24) is 9.21 Å². The van der Waals surface area contributed by atoms with E-state index in [-0.39, 0.29) is 41.6 Å². The minimum absolute atomic E-state index is 0.0124. The Hall–Kier alpha value is -1.49. The van der Waals surface area contributed by atoms with Gasteiger partial charge in [0.15, 0.2) is 11.6 Å². The molecule has 3 rings (SSSR count). The molecule has 4 atom stereocenters. The Morgan fingerprint density at radius 2 is 1.84 bits per heavy atom. The van der Waals surface area contributed by atoms with Crippen LogP contribution in [0.4, 0.5) is 13.2 Å². The van der Waals surface area contributed by atoms with Crippen molar-refractivity contribution in [1.29, 1.82) is 0 Å². The number of likely N-dealkylation sites (N-methyl/N-ethyl adjacent to an activating group) is 1. The molecule has 3 unspecified atom stereocenters. The van der Waals surface area contributed by atoms with E-state index in [1.165, 1.54) is 0 Å². The highest BCUT2D eigenvalue weighted by molar-refractivity contribution is 7.83. The monoisotopic (exact) mass is 461 g/mol. The van der Waals surface area contributed by atoms with Crippen LogP contribution in [0.5, 0.6) is 0 Å². The summed E-state index contributed by atoms with van der Waals surface area (Å²) in [6.45, 7) is 0.907. The van der Waals surface area contributed by atoms with Crippen LogP contribution in [-0.2, 0) is 26.9 Å². The van der Waals surface area contributed by atoms with Gasteiger partial charge in [-0.05, 0) is 56.7 Å². The second-order valence-corrected chi connectivity index (χ2v) is 10.0. The fourth-order valence-corrected chi connectivity index (χ4v) is 5.59. The van der Waals surface area contributed by atoms with E-state index in [1.807, 2.05) is 4.90 Å². The van der Waals surface area contributed by atoms with E-state index in [4.69, 9.17) is 10.5 Å². The number of fused-ring (bicyclic) bond motifs is 2. The number of nitrogens with zero attached hydrogens (tertiary/aromatic N) is 2. The molecule has 0 radical (unpaired) electrons. The Labute approximate surface area is 183 Å². The molecule has 1 aromatic rings. The second kappa shape index (κ2) is 10.4. The number of nitrogens with two attached hydrogens (primary N) is 1. The van der Waals surface area contributed by atoms with E-state index >= 15 is 0 Å². The normalized spacial score (nSPS) is 25.1. The summed E-state index contributed by atoms with van der Waals surface area (Å²) < 4.78 is 59.7. The molecule has 2 fully saturated rings. The lowest BCUT2D eigenvalue weighted by molar-refractivity contribution is -0.133. The highest BCUT2D eigenvalue weighted by Crippen LogP contribution is 2.40. The first-order valence-electron chi connectivity index (χ1n) is 10.5. The fourth-order valence-electron chi connectivity index (χ4n) is 4.73. The van der Waals surface area contributed by atoms with Crippen LogP contribution in [-0.4, -0.2) is 70.5 Å². The maximum Gasteiger partial charge on any atom is 0.237 e. The van der Waals surface area contributed by atoms with Crippen molar-refractivity contribution in [2.45, 2.75) is 50.2 Å². The number of amides is 1. The van der Waals surface area contributed by atoms with Crippen molar-refractivity contribution in [3.05, 3.63) is 35.1 Å². The van der Waals surface area contributed by atoms with Gasteiger partial charge in [-0.3, -0.25) is 4.79 Å². The van der Waals surface area contributed by atoms with Gasteiger partial charge in [-0.25, -0.2) is 21.7 Å². The summed E-state index contributed by atoms with van der Waals surface area (Å²) in [5.41, 5.74) is 6.39. The molecular weight excluding hydrogens is 431 g/mol. The van der Waals surface area contributed by atoms with Gasteiger partial charge in [0, 0.05) is 37.8 Å². The summed E-state index contributed by atoms with van der Waals surface area (Å²) in [5, 5.41) is 0. The molecule has 0 aromatic heterocycles. The van der Waals surface area contributed by atoms with Gasteiger partial charge < -0.3 is 15.4 Å². The molecular formula is C21H30F3N3O3S. The van der Waals surface area contributed by atoms with Crippen molar-refractivity contribution in [3.8, 4) is 0 Å². The van der Waals surface area contributed by atoms with Crippen LogP contribution in [0, 0.1) is 23.4 Å². The molecule has 10 heteroatoms. The average Bonchev–Trinajstić information content (AvgIpc) is 2.99. The molecule has 31 heavy (non-hydrogen) atoms. The predicted molar refractivity (Wildman–Crippen MR) is 112 cm³/mol. The van der Waals surface area contributed by atoms with E-state index in [0.717, 1.165) is 18.9 Å². The quantitative estimate of drug-likeness (QED) is 0.571. The standard InChI is InChI=1S/C21H30F3N3O3S/c1-26(5-6-30-2)31(29)12-21(28)27-15-3-4-16(27)8-14(7-15)20(25)10-13-9-18(23)19(24)11-17(13)22/h9,11,14-16,20H,3-8,10,12,25H2,1-2H3/t14?,15?,16?,20-,31?/m1/s1. The molecule has 174 valence electrons. The Kier molecular flexibility index (Phi) is 8.12. The third-order valence-electron chi connectivity index (χ3n) is 6.41. The number of methoxy groups -OCH3 is 1. The SMILES string of the molecule is COCCN(C)S(=O)CC(=O)N1C2CCC1CC([C@H](N)Cc1cc(F)c(F)cc1F)C2. The highest BCUT2D eigenvalue weighted by atomic mass is 32.2. The Bertz CT molecular complexity index is 815. The van der Waals surface area contributed by atoms with Gasteiger partial charge in [-0.2, -0.15) is 0 Å². The lowest BCUT2D eigenvalue weighted by Gasteiger charge is -2.41. The first-order valence-corrected chi connectivity index (χ1v) is 11.8. The first-order chi connectivity index (χ1) is 14.7. The molecule has 6 nitrogen and oxygen atoms in total. The number of piperidine rings is 1. The van der Waals surface area contributed by atoms with Crippen LogP contribution in [0.25, 0.3) is 0 Å². The van der Waals surface area contributed by atoms with E-state index in [9.17, 15) is 22.2 Å². The van der Waals surface area contributed by atoms with Crippen molar-refractivity contribution in [3.63, 3.8) is 0 Å². The van der Waals surface area contributed by atoms with Crippen LogP contribution in [0.1, 0.15) is 31.2 Å². The molecule has 2 aliphatic heterocycles. The van der Waals surface area contributed by atoms with Crippen LogP contribution in [0.2, 0.25) is 0 Å². The lowest BCUT2D eigenvalue weighted by atomic mass is 9.82. The summed E-state index contributed by atoms with van der Waals surface area (Å²) >= 11 is 0. The summed E-state index contributed by atoms with van der Waals surface area (Å²) in [6.07, 6.45) is 3.15. The number of halogens is 3. The highest BCUT2D eigenvalue weighted by Gasteiger charge is 2.44. The zero-order chi connectivity index (χ0) is 22.7. The van der Waals surface area contributed by atoms with Crippen molar-refractivity contribution < 1.29 is 26.9 Å². The molecule has 2 aliphatic rings. The van der Waals surface area contributed by atoms with E-state index < -0.39 is 34.5 Å². The molecule has 1 aromatic carbocycles. The van der Waals surface area contributed by atoms with Gasteiger partial charge in [-0.15, -0.1) is 0 Å². The van der Waals surface area contributed by atoms with E-state index in [2.05, 4.69) is 0 Å². The van der Waals surface area contributed by atoms with E-state index in [1.54, 1.807) is 18.5 Å². The van der Waals surface area contributed by atoms with Crippen LogP contribution in [0.3, 0.4) is 0 Å². The summed E-state index contributed by atoms with van der Waals surface area (Å²) in [7, 11) is 1.84. The molecule has 2 bridgehead atoms. The number of ether oxygens (including phenoxy) is 1. The Balaban J connectivity index is 1.59. The van der Waals surface area contributed by atoms with Crippen LogP contribution < -0.4 is 5.73 Å². The number of hydrogen-bond donors (Lipinski definition) is 1. The van der Waals surface area contributed by atoms with E-state index in [0.29, 0.717) is 32.1 Å². The maximum absolute atomic E-state index is 14.0. The van der Waals surface area contributed by atoms with Gasteiger partial charge in [0.2, 0.25) is 5.91 Å². The lowest BCUT2D eigenvalue weighted by Crippen LogP contribution is -2.52. The minimum Gasteiger partial charge on any atom is -0.383 e. The average molecular weight is 462 g/mol. The molecule has 0 spiro atoms. The van der Waals surface area contributed by atoms with Gasteiger partial charge in [0.1, 0.15) is 22.6 Å². The van der Waals surface area contributed by atoms with Crippen LogP contribution >= 0.6 is 0 Å². The molecule has 2 N–H and O–H groups in total. The number of carbonyl (C=O) groups is 1. The van der Waals surface area contributed by atoms with Crippen molar-refractivity contribution in [2.75, 3.05) is 33.1 Å². The zero-order valence-corrected chi connectivity index (χ0v) is 18.7. The summed E-state index contributed by atoms with van der Waals surface area (Å²) in [6, 6.07) is 1.02. The summed E-state index contributed by atoms with van der Waals surface area (Å²) in [5.74, 6) is -3.26. The molecule has 0 saturated carbocycles. The van der Waals surface area contributed by atoms with Gasteiger partial charge >= 0.3 is 0 Å². The Morgan fingerprint density at radius 1 is 1.23 bits per heavy atom. The maximum atomic E-state index is 14.0. The molecule has 0 aliphatic carbocycles. The van der Waals surface area contributed by atoms with Crippen molar-refractivity contribution in [2.24, 2.45) is 11.7 Å². The number of hydrogen-bond acceptors (Lipinski definition) is 4. The predicted octanol–water partition coefficient (Wildman–Crippen LogP) is 1.99. The third-order valence-corrected chi connectivity index (χ3v) is 7.78. The zero-order valence-electron chi connectivity index (χ0n) is 17.9. The number of rotatable bonds is 9. The minimum atomic E-state index is -1.42. The molecule has 1 amide bonds. The molecule has 2 saturated heterocycles. The van der Waals surface area contributed by atoms with Crippen LogP contribution in [0.15, 0.2) is 12.1 Å². The van der Waals surface area contributed by atoms with Gasteiger partial charge in [0.25, 0.3) is 0 Å². The number of carbonyl (C=O) groups excluding carboxylic acids is 1. The second-order valence-electron chi connectivity index (χ2n) is 8.45.